The van der Waals surface area contributed by atoms with Crippen LogP contribution >= 0.6 is 11.3 Å². The lowest BCUT2D eigenvalue weighted by atomic mass is 10.0. The molecule has 2 unspecified atom stereocenters. The van der Waals surface area contributed by atoms with Gasteiger partial charge in [-0.2, -0.15) is 0 Å². The molecule has 38 heavy (non-hydrogen) atoms. The highest BCUT2D eigenvalue weighted by Gasteiger charge is 2.24. The maximum atomic E-state index is 13.8. The number of sulfonamides is 1. The number of methoxy groups -OCH3 is 1. The van der Waals surface area contributed by atoms with E-state index >= 15 is 0 Å². The number of carbonyl (C=O) groups is 1. The summed E-state index contributed by atoms with van der Waals surface area (Å²) in [5, 5.41) is 18.1. The number of amides is 1. The molecule has 206 valence electrons. The molecule has 0 saturated carbocycles. The lowest BCUT2D eigenvalue weighted by molar-refractivity contribution is 0.0826. The van der Waals surface area contributed by atoms with Gasteiger partial charge in [0, 0.05) is 24.5 Å². The molecular weight excluding hydrogens is 538 g/mol. The molecule has 0 saturated heterocycles. The summed E-state index contributed by atoms with van der Waals surface area (Å²) in [6.07, 6.45) is -0.792. The van der Waals surface area contributed by atoms with Crippen molar-refractivity contribution in [2.45, 2.75) is 38.5 Å². The lowest BCUT2D eigenvalue weighted by Crippen LogP contribution is -2.48. The van der Waals surface area contributed by atoms with Gasteiger partial charge in [0.15, 0.2) is 5.13 Å². The molecule has 1 aromatic heterocycles. The van der Waals surface area contributed by atoms with Crippen LogP contribution in [0.1, 0.15) is 35.0 Å². The smallest absolute Gasteiger partial charge is 0.271 e. The Morgan fingerprint density at radius 2 is 1.89 bits per heavy atom. The average Bonchev–Trinajstić information content (AvgIpc) is 3.30. The Kier molecular flexibility index (Phi) is 10.5. The van der Waals surface area contributed by atoms with Gasteiger partial charge < -0.3 is 20.5 Å². The minimum atomic E-state index is -3.58. The molecule has 1 heterocycles. The third-order valence-electron chi connectivity index (χ3n) is 5.43. The number of benzene rings is 2. The fourth-order valence-electron chi connectivity index (χ4n) is 3.68. The Hall–Kier alpha value is -3.13. The Morgan fingerprint density at radius 1 is 1.16 bits per heavy atom. The highest BCUT2D eigenvalue weighted by atomic mass is 32.2. The zero-order chi connectivity index (χ0) is 27.7. The molecule has 0 fully saturated rings. The van der Waals surface area contributed by atoms with Gasteiger partial charge >= 0.3 is 0 Å². The summed E-state index contributed by atoms with van der Waals surface area (Å²) in [5.41, 5.74) is 1.09. The van der Waals surface area contributed by atoms with Crippen molar-refractivity contribution in [3.63, 3.8) is 0 Å². The van der Waals surface area contributed by atoms with Crippen molar-refractivity contribution in [3.05, 3.63) is 76.3 Å². The molecule has 0 aliphatic rings. The third kappa shape index (κ3) is 9.01. The van der Waals surface area contributed by atoms with E-state index in [1.54, 1.807) is 20.1 Å². The summed E-state index contributed by atoms with van der Waals surface area (Å²) in [4.78, 5) is 16.9. The maximum absolute atomic E-state index is 13.8. The van der Waals surface area contributed by atoms with Gasteiger partial charge in [-0.05, 0) is 48.2 Å². The van der Waals surface area contributed by atoms with E-state index in [2.05, 4.69) is 20.3 Å². The molecule has 3 rings (SSSR count). The summed E-state index contributed by atoms with van der Waals surface area (Å²) in [6, 6.07) is 9.40. The minimum Gasteiger partial charge on any atom is -0.497 e. The van der Waals surface area contributed by atoms with Gasteiger partial charge in [0.1, 0.15) is 23.1 Å². The summed E-state index contributed by atoms with van der Waals surface area (Å²) in [6.45, 7) is 2.18. The maximum Gasteiger partial charge on any atom is 0.271 e. The van der Waals surface area contributed by atoms with Crippen molar-refractivity contribution in [1.82, 2.24) is 15.6 Å². The van der Waals surface area contributed by atoms with E-state index in [0.717, 1.165) is 35.1 Å². The molecule has 9 nitrogen and oxygen atoms in total. The topological polar surface area (TPSA) is 130 Å². The Labute approximate surface area is 224 Å². The molecule has 0 aliphatic heterocycles. The van der Waals surface area contributed by atoms with Gasteiger partial charge in [-0.1, -0.05) is 19.1 Å². The normalized spacial score (nSPS) is 13.1. The van der Waals surface area contributed by atoms with Crippen molar-refractivity contribution < 1.29 is 31.8 Å². The first-order valence-electron chi connectivity index (χ1n) is 11.8. The first-order chi connectivity index (χ1) is 18.1. The molecule has 3 aromatic rings. The second-order valence-electron chi connectivity index (χ2n) is 8.57. The van der Waals surface area contributed by atoms with Crippen LogP contribution in [0.4, 0.5) is 13.9 Å². The summed E-state index contributed by atoms with van der Waals surface area (Å²) in [7, 11) is -2.02. The number of nitrogens with one attached hydrogen (secondary N) is 3. The van der Waals surface area contributed by atoms with Crippen LogP contribution in [0.5, 0.6) is 5.75 Å². The van der Waals surface area contributed by atoms with Crippen LogP contribution in [0.25, 0.3) is 0 Å². The Balaban J connectivity index is 1.71. The largest absolute Gasteiger partial charge is 0.497 e. The quantitative estimate of drug-likeness (QED) is 0.235. The van der Waals surface area contributed by atoms with Gasteiger partial charge in [0.2, 0.25) is 10.0 Å². The van der Waals surface area contributed by atoms with Crippen LogP contribution in [-0.4, -0.2) is 56.0 Å². The van der Waals surface area contributed by atoms with E-state index in [0.29, 0.717) is 18.7 Å². The fraction of sp³-hybridized carbons (Fsp3) is 0.360. The summed E-state index contributed by atoms with van der Waals surface area (Å²) < 4.78 is 59.1. The molecule has 2 atom stereocenters. The number of nitrogens with zero attached hydrogens (tertiary/aromatic N) is 1. The van der Waals surface area contributed by atoms with Gasteiger partial charge in [0.05, 0.1) is 25.0 Å². The van der Waals surface area contributed by atoms with Gasteiger partial charge in [-0.25, -0.2) is 22.2 Å². The molecule has 0 bridgehead atoms. The van der Waals surface area contributed by atoms with Crippen molar-refractivity contribution in [2.75, 3.05) is 24.1 Å². The molecule has 4 N–H and O–H groups in total. The van der Waals surface area contributed by atoms with E-state index < -0.39 is 39.7 Å². The van der Waals surface area contributed by atoms with Gasteiger partial charge in [0.25, 0.3) is 5.91 Å². The number of thiazole rings is 1. The predicted molar refractivity (Wildman–Crippen MR) is 142 cm³/mol. The number of aliphatic hydroxyl groups excluding tert-OH is 1. The van der Waals surface area contributed by atoms with Gasteiger partial charge in [-0.3, -0.25) is 9.52 Å². The van der Waals surface area contributed by atoms with Crippen molar-refractivity contribution >= 4 is 32.4 Å². The monoisotopic (exact) mass is 568 g/mol. The SMILES string of the molecule is CCCS(=O)(=O)Nc1nc(C(=O)NC(Cc2cc(F)cc(F)c2)C(O)CNCc2cccc(OC)c2)cs1. The summed E-state index contributed by atoms with van der Waals surface area (Å²) in [5.74, 6) is -1.63. The molecule has 0 spiro atoms. The van der Waals surface area contributed by atoms with E-state index in [4.69, 9.17) is 4.74 Å². The summed E-state index contributed by atoms with van der Waals surface area (Å²) >= 11 is 0.942. The van der Waals surface area contributed by atoms with E-state index in [1.165, 1.54) is 5.38 Å². The number of rotatable bonds is 14. The van der Waals surface area contributed by atoms with Crippen molar-refractivity contribution in [1.29, 1.82) is 0 Å². The van der Waals surface area contributed by atoms with E-state index in [-0.39, 0.29) is 35.1 Å². The molecule has 0 aliphatic carbocycles. The standard InChI is InChI=1S/C25H30F2N4O5S2/c1-3-7-38(34,35)31-25-30-22(15-37-25)24(33)29-21(11-17-8-18(26)12-19(27)9-17)23(32)14-28-13-16-5-4-6-20(10-16)36-2/h4-6,8-10,12,15,21,23,28,32H,3,7,11,13-14H2,1-2H3,(H,29,33)(H,30,31). The van der Waals surface area contributed by atoms with Crippen LogP contribution in [0.2, 0.25) is 0 Å². The van der Waals surface area contributed by atoms with Crippen molar-refractivity contribution in [2.24, 2.45) is 0 Å². The number of hydrogen-bond donors (Lipinski definition) is 4. The molecule has 2 aromatic carbocycles. The van der Waals surface area contributed by atoms with Gasteiger partial charge in [-0.15, -0.1) is 11.3 Å². The highest BCUT2D eigenvalue weighted by Crippen LogP contribution is 2.18. The number of carbonyl (C=O) groups excluding carboxylic acids is 1. The number of anilines is 1. The molecule has 1 amide bonds. The molecular formula is C25H30F2N4O5S2. The van der Waals surface area contributed by atoms with Crippen LogP contribution in [0, 0.1) is 11.6 Å². The van der Waals surface area contributed by atoms with Crippen LogP contribution in [0.15, 0.2) is 47.8 Å². The second-order valence-corrected chi connectivity index (χ2v) is 11.3. The fourth-order valence-corrected chi connectivity index (χ4v) is 5.73. The van der Waals surface area contributed by atoms with Crippen LogP contribution in [-0.2, 0) is 23.0 Å². The van der Waals surface area contributed by atoms with E-state index in [9.17, 15) is 27.1 Å². The van der Waals surface area contributed by atoms with Crippen molar-refractivity contribution in [3.8, 4) is 5.75 Å². The third-order valence-corrected chi connectivity index (χ3v) is 7.77. The Morgan fingerprint density at radius 3 is 2.58 bits per heavy atom. The lowest BCUT2D eigenvalue weighted by Gasteiger charge is -2.24. The minimum absolute atomic E-state index is 0.0351. The predicted octanol–water partition coefficient (Wildman–Crippen LogP) is 3.07. The number of aliphatic hydroxyl groups is 1. The van der Waals surface area contributed by atoms with Crippen LogP contribution < -0.4 is 20.1 Å². The average molecular weight is 569 g/mol. The number of hydrogen-bond acceptors (Lipinski definition) is 8. The highest BCUT2D eigenvalue weighted by molar-refractivity contribution is 7.92. The van der Waals surface area contributed by atoms with Crippen LogP contribution in [0.3, 0.4) is 0 Å². The first-order valence-corrected chi connectivity index (χ1v) is 14.3. The number of ether oxygens (including phenoxy) is 1. The number of halogens is 2. The number of aromatic nitrogens is 1. The zero-order valence-electron chi connectivity index (χ0n) is 20.9. The second kappa shape index (κ2) is 13.6. The zero-order valence-corrected chi connectivity index (χ0v) is 22.5. The Bertz CT molecular complexity index is 1320. The molecule has 13 heteroatoms. The molecule has 0 radical (unpaired) electrons. The first kappa shape index (κ1) is 29.4. The van der Waals surface area contributed by atoms with E-state index in [1.807, 2.05) is 18.2 Å².